The largest absolute Gasteiger partial charge is 0.465 e. The number of hydrogen-bond acceptors (Lipinski definition) is 4. The van der Waals surface area contributed by atoms with Gasteiger partial charge in [-0.1, -0.05) is 42.0 Å². The molecule has 3 aromatic rings. The Hall–Kier alpha value is -2.90. The zero-order valence-corrected chi connectivity index (χ0v) is 18.5. The average Bonchev–Trinajstić information content (AvgIpc) is 3.42. The molecule has 1 unspecified atom stereocenters. The van der Waals surface area contributed by atoms with E-state index in [-0.39, 0.29) is 17.4 Å². The van der Waals surface area contributed by atoms with Crippen molar-refractivity contribution in [2.45, 2.75) is 25.2 Å². The second-order valence-corrected chi connectivity index (χ2v) is 9.67. The smallest absolute Gasteiger partial charge is 0.317 e. The van der Waals surface area contributed by atoms with Gasteiger partial charge in [-0.2, -0.15) is 4.31 Å². The number of rotatable bonds is 9. The van der Waals surface area contributed by atoms with Crippen LogP contribution >= 0.6 is 0 Å². The van der Waals surface area contributed by atoms with Crippen LogP contribution in [0.25, 0.3) is 10.9 Å². The molecule has 0 saturated heterocycles. The summed E-state index contributed by atoms with van der Waals surface area (Å²) in [6.45, 7) is 4.48. The molecule has 1 N–H and O–H groups in total. The van der Waals surface area contributed by atoms with Crippen molar-refractivity contribution in [2.75, 3.05) is 19.7 Å². The molecule has 1 aliphatic rings. The molecule has 1 aromatic heterocycles. The highest BCUT2D eigenvalue weighted by atomic mass is 32.2. The van der Waals surface area contributed by atoms with Crippen molar-refractivity contribution in [3.8, 4) is 0 Å². The summed E-state index contributed by atoms with van der Waals surface area (Å²) in [6.07, 6.45) is 4.27. The van der Waals surface area contributed by atoms with Gasteiger partial charge in [0.25, 0.3) is 0 Å². The van der Waals surface area contributed by atoms with E-state index >= 15 is 0 Å². The molecule has 2 aromatic carbocycles. The molecule has 0 spiro atoms. The molecule has 0 fully saturated rings. The van der Waals surface area contributed by atoms with Crippen LogP contribution < -0.4 is 0 Å². The van der Waals surface area contributed by atoms with Gasteiger partial charge in [0.05, 0.1) is 17.4 Å². The standard InChI is InChI=1S/C24H26N2O4S/c1-3-30-24(27)22-14-19(22)16-26(31(28,29)20-10-8-17(2)9-11-20)13-12-18-15-25-23-7-5-4-6-21(18)23/h4-11,14-15,22,25H,3,12-13,16H2,1-2H3. The van der Waals surface area contributed by atoms with Crippen LogP contribution in [0.2, 0.25) is 0 Å². The summed E-state index contributed by atoms with van der Waals surface area (Å²) in [5, 5.41) is 1.09. The topological polar surface area (TPSA) is 79.5 Å². The first-order chi connectivity index (χ1) is 14.9. The number of hydrogen-bond donors (Lipinski definition) is 1. The first-order valence-electron chi connectivity index (χ1n) is 10.4. The number of fused-ring (bicyclic) bond motifs is 1. The first-order valence-corrected chi connectivity index (χ1v) is 11.8. The minimum Gasteiger partial charge on any atom is -0.465 e. The highest BCUT2D eigenvalue weighted by molar-refractivity contribution is 7.89. The van der Waals surface area contributed by atoms with Crippen molar-refractivity contribution in [3.05, 3.63) is 77.5 Å². The molecular formula is C24H26N2O4S. The summed E-state index contributed by atoms with van der Waals surface area (Å²) in [6, 6.07) is 14.8. The monoisotopic (exact) mass is 438 g/mol. The lowest BCUT2D eigenvalue weighted by molar-refractivity contribution is -0.144. The van der Waals surface area contributed by atoms with Gasteiger partial charge in [0.1, 0.15) is 0 Å². The maximum atomic E-state index is 13.4. The summed E-state index contributed by atoms with van der Waals surface area (Å²) >= 11 is 0. The van der Waals surface area contributed by atoms with Crippen molar-refractivity contribution in [1.82, 2.24) is 9.29 Å². The number of H-pyrrole nitrogens is 1. The van der Waals surface area contributed by atoms with Crippen LogP contribution in [-0.2, 0) is 26.0 Å². The number of para-hydroxylation sites is 1. The van der Waals surface area contributed by atoms with Gasteiger partial charge in [-0.15, -0.1) is 0 Å². The van der Waals surface area contributed by atoms with E-state index in [4.69, 9.17) is 4.74 Å². The lowest BCUT2D eigenvalue weighted by atomic mass is 10.1. The number of nitrogens with one attached hydrogen (secondary N) is 1. The average molecular weight is 439 g/mol. The van der Waals surface area contributed by atoms with Crippen molar-refractivity contribution < 1.29 is 17.9 Å². The summed E-state index contributed by atoms with van der Waals surface area (Å²) in [5.41, 5.74) is 3.87. The van der Waals surface area contributed by atoms with Gasteiger partial charge in [-0.05, 0) is 49.6 Å². The summed E-state index contributed by atoms with van der Waals surface area (Å²) in [7, 11) is -3.71. The van der Waals surface area contributed by atoms with Gasteiger partial charge in [0, 0.05) is 30.2 Å². The highest BCUT2D eigenvalue weighted by Gasteiger charge is 2.37. The molecule has 0 saturated carbocycles. The molecule has 162 valence electrons. The Morgan fingerprint density at radius 1 is 1.13 bits per heavy atom. The zero-order valence-electron chi connectivity index (χ0n) is 17.7. The van der Waals surface area contributed by atoms with E-state index in [1.165, 1.54) is 4.31 Å². The maximum absolute atomic E-state index is 13.4. The van der Waals surface area contributed by atoms with E-state index in [1.807, 2.05) is 37.4 Å². The lowest BCUT2D eigenvalue weighted by Gasteiger charge is -2.22. The van der Waals surface area contributed by atoms with Crippen molar-refractivity contribution in [3.63, 3.8) is 0 Å². The Balaban J connectivity index is 1.56. The van der Waals surface area contributed by atoms with E-state index < -0.39 is 15.9 Å². The van der Waals surface area contributed by atoms with Crippen molar-refractivity contribution >= 4 is 26.9 Å². The van der Waals surface area contributed by atoms with E-state index in [1.54, 1.807) is 37.3 Å². The molecule has 0 radical (unpaired) electrons. The number of carbonyl (C=O) groups excluding carboxylic acids is 1. The molecule has 4 rings (SSSR count). The Labute approximate surface area is 182 Å². The van der Waals surface area contributed by atoms with Gasteiger partial charge < -0.3 is 9.72 Å². The number of carbonyl (C=O) groups is 1. The van der Waals surface area contributed by atoms with Crippen LogP contribution in [0, 0.1) is 12.8 Å². The number of nitrogens with zero attached hydrogens (tertiary/aromatic N) is 1. The number of esters is 1. The second-order valence-electron chi connectivity index (χ2n) is 7.73. The number of benzene rings is 2. The van der Waals surface area contributed by atoms with E-state index in [2.05, 4.69) is 4.98 Å². The quantitative estimate of drug-likeness (QED) is 0.407. The molecule has 1 atom stereocenters. The maximum Gasteiger partial charge on any atom is 0.317 e. The molecule has 1 aliphatic carbocycles. The Morgan fingerprint density at radius 3 is 2.61 bits per heavy atom. The lowest BCUT2D eigenvalue weighted by Crippen LogP contribution is -2.34. The van der Waals surface area contributed by atoms with Crippen LogP contribution in [0.15, 0.2) is 71.3 Å². The van der Waals surface area contributed by atoms with Crippen LogP contribution in [0.1, 0.15) is 18.1 Å². The molecule has 0 bridgehead atoms. The van der Waals surface area contributed by atoms with Gasteiger partial charge >= 0.3 is 5.97 Å². The highest BCUT2D eigenvalue weighted by Crippen LogP contribution is 2.32. The number of aromatic amines is 1. The minimum absolute atomic E-state index is 0.183. The molecule has 7 heteroatoms. The summed E-state index contributed by atoms with van der Waals surface area (Å²) < 4.78 is 33.3. The number of aryl methyl sites for hydroxylation is 1. The fraction of sp³-hybridized carbons (Fsp3) is 0.292. The van der Waals surface area contributed by atoms with Gasteiger partial charge in [0.15, 0.2) is 0 Å². The van der Waals surface area contributed by atoms with Crippen LogP contribution in [-0.4, -0.2) is 43.4 Å². The SMILES string of the molecule is CCOC(=O)C1C=C1CN(CCc1c[nH]c2ccccc12)S(=O)(=O)c1ccc(C)cc1. The van der Waals surface area contributed by atoms with Gasteiger partial charge in [-0.25, -0.2) is 8.42 Å². The van der Waals surface area contributed by atoms with Crippen molar-refractivity contribution in [2.24, 2.45) is 5.92 Å². The Bertz CT molecular complexity index is 1230. The fourth-order valence-corrected chi connectivity index (χ4v) is 5.13. The third-order valence-corrected chi connectivity index (χ3v) is 7.39. The Kier molecular flexibility index (Phi) is 5.98. The number of aromatic nitrogens is 1. The minimum atomic E-state index is -3.71. The molecule has 31 heavy (non-hydrogen) atoms. The van der Waals surface area contributed by atoms with Crippen LogP contribution in [0.4, 0.5) is 0 Å². The fourth-order valence-electron chi connectivity index (χ4n) is 3.70. The predicted octanol–water partition coefficient (Wildman–Crippen LogP) is 3.83. The number of sulfonamides is 1. The predicted molar refractivity (Wildman–Crippen MR) is 120 cm³/mol. The third-order valence-electron chi connectivity index (χ3n) is 5.53. The molecule has 0 amide bonds. The van der Waals surface area contributed by atoms with E-state index in [0.717, 1.165) is 27.6 Å². The van der Waals surface area contributed by atoms with Crippen molar-refractivity contribution in [1.29, 1.82) is 0 Å². The van der Waals surface area contributed by atoms with Gasteiger partial charge in [-0.3, -0.25) is 4.79 Å². The Morgan fingerprint density at radius 2 is 1.87 bits per heavy atom. The normalized spacial score (nSPS) is 15.8. The molecular weight excluding hydrogens is 412 g/mol. The zero-order chi connectivity index (χ0) is 22.0. The first kappa shape index (κ1) is 21.3. The van der Waals surface area contributed by atoms with Gasteiger partial charge in [0.2, 0.25) is 10.0 Å². The number of ether oxygens (including phenoxy) is 1. The molecule has 6 nitrogen and oxygen atoms in total. The molecule has 0 aliphatic heterocycles. The van der Waals surface area contributed by atoms with Crippen LogP contribution in [0.3, 0.4) is 0 Å². The van der Waals surface area contributed by atoms with E-state index in [0.29, 0.717) is 19.6 Å². The van der Waals surface area contributed by atoms with Crippen LogP contribution in [0.5, 0.6) is 0 Å². The third kappa shape index (κ3) is 4.57. The summed E-state index contributed by atoms with van der Waals surface area (Å²) in [5.74, 6) is -0.731. The molecule has 1 heterocycles. The second kappa shape index (κ2) is 8.69. The summed E-state index contributed by atoms with van der Waals surface area (Å²) in [4.78, 5) is 15.5. The van der Waals surface area contributed by atoms with E-state index in [9.17, 15) is 13.2 Å².